The van der Waals surface area contributed by atoms with Gasteiger partial charge in [0.25, 0.3) is 0 Å². The highest BCUT2D eigenvalue weighted by Crippen LogP contribution is 2.41. The molecule has 1 heterocycles. The minimum absolute atomic E-state index is 0.0474. The summed E-state index contributed by atoms with van der Waals surface area (Å²) in [5, 5.41) is 3.58. The molecule has 116 valence electrons. The Morgan fingerprint density at radius 3 is 2.71 bits per heavy atom. The van der Waals surface area contributed by atoms with Crippen molar-refractivity contribution in [1.29, 1.82) is 0 Å². The molecule has 1 aliphatic heterocycles. The third-order valence-corrected chi connectivity index (χ3v) is 5.40. The monoisotopic (exact) mass is 290 g/mol. The standard InChI is InChI=1S/C18H27FN2/c1-2-17(15-8-4-5-9-16(15)19)21-13-12-20-14-18(21)10-6-3-7-11-18/h4-5,8-9,17,20H,2-3,6-7,10-14H2,1H3. The van der Waals surface area contributed by atoms with Gasteiger partial charge in [-0.2, -0.15) is 0 Å². The van der Waals surface area contributed by atoms with E-state index in [-0.39, 0.29) is 17.4 Å². The lowest BCUT2D eigenvalue weighted by Gasteiger charge is -2.53. The van der Waals surface area contributed by atoms with Gasteiger partial charge in [0.2, 0.25) is 0 Å². The molecule has 0 radical (unpaired) electrons. The van der Waals surface area contributed by atoms with Crippen LogP contribution in [0.2, 0.25) is 0 Å². The number of nitrogens with one attached hydrogen (secondary N) is 1. The van der Waals surface area contributed by atoms with E-state index >= 15 is 0 Å². The van der Waals surface area contributed by atoms with Gasteiger partial charge >= 0.3 is 0 Å². The van der Waals surface area contributed by atoms with E-state index in [1.165, 1.54) is 32.1 Å². The molecule has 1 saturated carbocycles. The summed E-state index contributed by atoms with van der Waals surface area (Å²) in [6.45, 7) is 5.31. The molecule has 1 atom stereocenters. The molecule has 2 nitrogen and oxygen atoms in total. The van der Waals surface area contributed by atoms with Gasteiger partial charge in [0.05, 0.1) is 0 Å². The topological polar surface area (TPSA) is 15.3 Å². The maximum Gasteiger partial charge on any atom is 0.127 e. The Balaban J connectivity index is 1.92. The van der Waals surface area contributed by atoms with Gasteiger partial charge in [-0.05, 0) is 25.3 Å². The molecule has 3 heteroatoms. The van der Waals surface area contributed by atoms with Crippen molar-refractivity contribution in [3.63, 3.8) is 0 Å². The molecule has 0 bridgehead atoms. The quantitative estimate of drug-likeness (QED) is 0.908. The first kappa shape index (κ1) is 15.0. The zero-order chi connectivity index (χ0) is 14.7. The fraction of sp³-hybridized carbons (Fsp3) is 0.667. The van der Waals surface area contributed by atoms with Crippen LogP contribution < -0.4 is 5.32 Å². The summed E-state index contributed by atoms with van der Waals surface area (Å²) in [6.07, 6.45) is 7.46. The van der Waals surface area contributed by atoms with E-state index in [0.717, 1.165) is 31.6 Å². The van der Waals surface area contributed by atoms with E-state index in [9.17, 15) is 4.39 Å². The van der Waals surface area contributed by atoms with Crippen LogP contribution in [0.5, 0.6) is 0 Å². The van der Waals surface area contributed by atoms with Crippen molar-refractivity contribution in [3.8, 4) is 0 Å². The summed E-state index contributed by atoms with van der Waals surface area (Å²) < 4.78 is 14.3. The largest absolute Gasteiger partial charge is 0.314 e. The van der Waals surface area contributed by atoms with Gasteiger partial charge < -0.3 is 5.32 Å². The van der Waals surface area contributed by atoms with E-state index in [0.29, 0.717) is 0 Å². The molecule has 1 aliphatic carbocycles. The molecule has 2 aliphatic rings. The number of nitrogens with zero attached hydrogens (tertiary/aromatic N) is 1. The molecule has 1 aromatic rings. The van der Waals surface area contributed by atoms with Crippen LogP contribution >= 0.6 is 0 Å². The molecule has 1 saturated heterocycles. The van der Waals surface area contributed by atoms with Crippen LogP contribution in [0, 0.1) is 5.82 Å². The summed E-state index contributed by atoms with van der Waals surface area (Å²) in [5.41, 5.74) is 1.13. The third kappa shape index (κ3) is 2.86. The van der Waals surface area contributed by atoms with Crippen LogP contribution in [-0.4, -0.2) is 30.1 Å². The average Bonchev–Trinajstić information content (AvgIpc) is 2.52. The first-order valence-corrected chi connectivity index (χ1v) is 8.49. The number of halogens is 1. The van der Waals surface area contributed by atoms with Crippen molar-refractivity contribution in [1.82, 2.24) is 10.2 Å². The second kappa shape index (κ2) is 6.45. The molecular formula is C18H27FN2. The normalized spacial score (nSPS) is 24.1. The first-order chi connectivity index (χ1) is 10.3. The summed E-state index contributed by atoms with van der Waals surface area (Å²) in [5.74, 6) is -0.0474. The molecule has 0 aromatic heterocycles. The SMILES string of the molecule is CCC(c1ccccc1F)N1CCNCC12CCCCC2. The lowest BCUT2D eigenvalue weighted by molar-refractivity contribution is -0.0108. The van der Waals surface area contributed by atoms with E-state index in [1.54, 1.807) is 12.1 Å². The van der Waals surface area contributed by atoms with Crippen molar-refractivity contribution in [2.75, 3.05) is 19.6 Å². The molecule has 1 aromatic carbocycles. The molecule has 2 fully saturated rings. The molecule has 1 unspecified atom stereocenters. The summed E-state index contributed by atoms with van der Waals surface area (Å²) in [4.78, 5) is 2.63. The summed E-state index contributed by atoms with van der Waals surface area (Å²) >= 11 is 0. The molecule has 1 spiro atoms. The number of benzene rings is 1. The van der Waals surface area contributed by atoms with Gasteiger partial charge in [-0.15, -0.1) is 0 Å². The van der Waals surface area contributed by atoms with Gasteiger partial charge in [0, 0.05) is 36.8 Å². The van der Waals surface area contributed by atoms with Crippen LogP contribution in [0.15, 0.2) is 24.3 Å². The first-order valence-electron chi connectivity index (χ1n) is 8.49. The zero-order valence-corrected chi connectivity index (χ0v) is 13.1. The molecular weight excluding hydrogens is 263 g/mol. The van der Waals surface area contributed by atoms with Gasteiger partial charge in [-0.3, -0.25) is 4.90 Å². The van der Waals surface area contributed by atoms with Crippen molar-refractivity contribution < 1.29 is 4.39 Å². The Hall–Kier alpha value is -0.930. The van der Waals surface area contributed by atoms with Crippen LogP contribution in [0.25, 0.3) is 0 Å². The van der Waals surface area contributed by atoms with Crippen LogP contribution in [0.3, 0.4) is 0 Å². The van der Waals surface area contributed by atoms with E-state index in [2.05, 4.69) is 17.1 Å². The minimum atomic E-state index is -0.0474. The zero-order valence-electron chi connectivity index (χ0n) is 13.1. The van der Waals surface area contributed by atoms with Crippen molar-refractivity contribution in [3.05, 3.63) is 35.6 Å². The van der Waals surface area contributed by atoms with E-state index < -0.39 is 0 Å². The number of hydrogen-bond acceptors (Lipinski definition) is 2. The maximum atomic E-state index is 14.3. The Morgan fingerprint density at radius 2 is 2.00 bits per heavy atom. The van der Waals surface area contributed by atoms with Gasteiger partial charge in [-0.1, -0.05) is 44.4 Å². The predicted molar refractivity (Wildman–Crippen MR) is 84.8 cm³/mol. The Kier molecular flexibility index (Phi) is 4.60. The molecule has 3 rings (SSSR count). The second-order valence-electron chi connectivity index (χ2n) is 6.60. The second-order valence-corrected chi connectivity index (χ2v) is 6.60. The summed E-state index contributed by atoms with van der Waals surface area (Å²) in [6, 6.07) is 7.55. The van der Waals surface area contributed by atoms with Gasteiger partial charge in [0.1, 0.15) is 5.82 Å². The molecule has 0 amide bonds. The highest BCUT2D eigenvalue weighted by atomic mass is 19.1. The third-order valence-electron chi connectivity index (χ3n) is 5.40. The number of rotatable bonds is 3. The minimum Gasteiger partial charge on any atom is -0.314 e. The summed E-state index contributed by atoms with van der Waals surface area (Å²) in [7, 11) is 0. The van der Waals surface area contributed by atoms with Crippen molar-refractivity contribution >= 4 is 0 Å². The lowest BCUT2D eigenvalue weighted by Crippen LogP contribution is -2.62. The van der Waals surface area contributed by atoms with Crippen molar-refractivity contribution in [2.24, 2.45) is 0 Å². The van der Waals surface area contributed by atoms with Crippen LogP contribution in [0.1, 0.15) is 57.1 Å². The Labute approximate surface area is 127 Å². The highest BCUT2D eigenvalue weighted by molar-refractivity contribution is 5.22. The van der Waals surface area contributed by atoms with E-state index in [4.69, 9.17) is 0 Å². The van der Waals surface area contributed by atoms with Gasteiger partial charge in [0.15, 0.2) is 0 Å². The Morgan fingerprint density at radius 1 is 1.24 bits per heavy atom. The van der Waals surface area contributed by atoms with Crippen LogP contribution in [-0.2, 0) is 0 Å². The van der Waals surface area contributed by atoms with Gasteiger partial charge in [-0.25, -0.2) is 4.39 Å². The number of hydrogen-bond donors (Lipinski definition) is 1. The fourth-order valence-corrected chi connectivity index (χ4v) is 4.37. The van der Waals surface area contributed by atoms with Crippen molar-refractivity contribution in [2.45, 2.75) is 57.0 Å². The van der Waals surface area contributed by atoms with E-state index in [1.807, 2.05) is 12.1 Å². The Bertz CT molecular complexity index is 460. The maximum absolute atomic E-state index is 14.3. The average molecular weight is 290 g/mol. The molecule has 21 heavy (non-hydrogen) atoms. The molecule has 1 N–H and O–H groups in total. The number of piperazine rings is 1. The highest BCUT2D eigenvalue weighted by Gasteiger charge is 2.43. The van der Waals surface area contributed by atoms with Crippen LogP contribution in [0.4, 0.5) is 4.39 Å². The smallest absolute Gasteiger partial charge is 0.127 e. The lowest BCUT2D eigenvalue weighted by atomic mass is 9.77. The fourth-order valence-electron chi connectivity index (χ4n) is 4.37. The predicted octanol–water partition coefficient (Wildman–Crippen LogP) is 3.88.